The minimum absolute atomic E-state index is 0.349. The Hall–Kier alpha value is -0.830. The van der Waals surface area contributed by atoms with E-state index < -0.39 is 0 Å². The van der Waals surface area contributed by atoms with Crippen LogP contribution in [0.3, 0.4) is 0 Å². The van der Waals surface area contributed by atoms with Crippen LogP contribution in [0.5, 0.6) is 0 Å². The average molecular weight is 226 g/mol. The second-order valence-corrected chi connectivity index (χ2v) is 4.32. The maximum atomic E-state index is 8.62. The number of hydrogen-bond donors (Lipinski definition) is 1. The largest absolute Gasteiger partial charge is 0.412 e. The van der Waals surface area contributed by atoms with Crippen LogP contribution in [-0.2, 0) is 6.54 Å². The van der Waals surface area contributed by atoms with Crippen molar-refractivity contribution in [3.63, 3.8) is 0 Å². The Kier molecular flexibility index (Phi) is 7.78. The number of oxazole rings is 1. The van der Waals surface area contributed by atoms with Crippen LogP contribution in [0.25, 0.3) is 0 Å². The molecule has 0 radical (unpaired) electrons. The number of rotatable bonds is 10. The first-order valence-corrected chi connectivity index (χ1v) is 6.45. The maximum Gasteiger partial charge on any atom is 0.334 e. The van der Waals surface area contributed by atoms with Crippen LogP contribution < -0.4 is 4.57 Å². The molecule has 0 saturated carbocycles. The molecular formula is C13H24NO2+. The highest BCUT2D eigenvalue weighted by Gasteiger charge is 1.99. The van der Waals surface area contributed by atoms with Gasteiger partial charge in [-0.3, -0.25) is 0 Å². The Morgan fingerprint density at radius 1 is 0.875 bits per heavy atom. The monoisotopic (exact) mass is 226 g/mol. The average Bonchev–Trinajstić information content (AvgIpc) is 2.80. The lowest BCUT2D eigenvalue weighted by molar-refractivity contribution is -0.700. The number of aliphatic hydroxyl groups is 1. The molecule has 1 N–H and O–H groups in total. The van der Waals surface area contributed by atoms with E-state index in [0.29, 0.717) is 6.61 Å². The summed E-state index contributed by atoms with van der Waals surface area (Å²) in [6.07, 6.45) is 15.4. The predicted octanol–water partition coefficient (Wildman–Crippen LogP) is 2.68. The second-order valence-electron chi connectivity index (χ2n) is 4.32. The van der Waals surface area contributed by atoms with Gasteiger partial charge < -0.3 is 9.52 Å². The van der Waals surface area contributed by atoms with E-state index in [0.717, 1.165) is 13.0 Å². The molecule has 3 heteroatoms. The molecule has 0 atom stereocenters. The molecule has 1 aromatic rings. The summed E-state index contributed by atoms with van der Waals surface area (Å²) in [5.41, 5.74) is 0. The summed E-state index contributed by atoms with van der Waals surface area (Å²) >= 11 is 0. The molecule has 0 aliphatic carbocycles. The van der Waals surface area contributed by atoms with Gasteiger partial charge in [0, 0.05) is 13.0 Å². The van der Waals surface area contributed by atoms with Gasteiger partial charge in [0.05, 0.1) is 0 Å². The standard InChI is InChI=1S/C13H24NO2/c15-11-8-6-4-2-1-3-5-7-9-14-10-12-16-13-14/h10,12-13,15H,1-9,11H2/q+1. The molecule has 1 aromatic heterocycles. The molecule has 0 saturated heterocycles. The molecule has 92 valence electrons. The van der Waals surface area contributed by atoms with Gasteiger partial charge in [-0.05, 0) is 12.8 Å². The molecular weight excluding hydrogens is 202 g/mol. The van der Waals surface area contributed by atoms with Gasteiger partial charge in [0.1, 0.15) is 0 Å². The molecule has 3 nitrogen and oxygen atoms in total. The molecule has 0 amide bonds. The first kappa shape index (κ1) is 13.2. The van der Waals surface area contributed by atoms with Crippen molar-refractivity contribution in [3.8, 4) is 0 Å². The van der Waals surface area contributed by atoms with Crippen LogP contribution in [0.15, 0.2) is 23.3 Å². The maximum absolute atomic E-state index is 8.62. The molecule has 0 bridgehead atoms. The Balaban J connectivity index is 1.78. The molecule has 1 heterocycles. The van der Waals surface area contributed by atoms with E-state index in [1.165, 1.54) is 44.9 Å². The van der Waals surface area contributed by atoms with Crippen LogP contribution in [0.2, 0.25) is 0 Å². The number of aryl methyl sites for hydroxylation is 1. The van der Waals surface area contributed by atoms with Gasteiger partial charge in [-0.15, -0.1) is 0 Å². The van der Waals surface area contributed by atoms with Crippen molar-refractivity contribution >= 4 is 0 Å². The van der Waals surface area contributed by atoms with Gasteiger partial charge >= 0.3 is 6.39 Å². The highest BCUT2D eigenvalue weighted by molar-refractivity contribution is 4.48. The lowest BCUT2D eigenvalue weighted by Gasteiger charge is -1.99. The third kappa shape index (κ3) is 6.62. The highest BCUT2D eigenvalue weighted by atomic mass is 16.3. The highest BCUT2D eigenvalue weighted by Crippen LogP contribution is 2.08. The minimum atomic E-state index is 0.349. The molecule has 1 rings (SSSR count). The molecule has 0 aliphatic heterocycles. The van der Waals surface area contributed by atoms with Gasteiger partial charge in [0.2, 0.25) is 6.20 Å². The summed E-state index contributed by atoms with van der Waals surface area (Å²) in [5.74, 6) is 0. The van der Waals surface area contributed by atoms with Crippen LogP contribution >= 0.6 is 0 Å². The number of aliphatic hydroxyl groups excluding tert-OH is 1. The van der Waals surface area contributed by atoms with Crippen LogP contribution in [0, 0.1) is 0 Å². The summed E-state index contributed by atoms with van der Waals surface area (Å²) in [7, 11) is 0. The summed E-state index contributed by atoms with van der Waals surface area (Å²) in [4.78, 5) is 0. The zero-order valence-electron chi connectivity index (χ0n) is 10.1. The van der Waals surface area contributed by atoms with Gasteiger partial charge in [0.15, 0.2) is 12.8 Å². The molecule has 16 heavy (non-hydrogen) atoms. The Labute approximate surface area is 98.1 Å². The van der Waals surface area contributed by atoms with Crippen molar-refractivity contribution in [2.75, 3.05) is 6.61 Å². The quantitative estimate of drug-likeness (QED) is 0.492. The van der Waals surface area contributed by atoms with E-state index in [2.05, 4.69) is 4.57 Å². The fourth-order valence-corrected chi connectivity index (χ4v) is 1.86. The second kappa shape index (κ2) is 9.40. The van der Waals surface area contributed by atoms with Crippen LogP contribution in [0.1, 0.15) is 51.4 Å². The third-order valence-corrected chi connectivity index (χ3v) is 2.85. The summed E-state index contributed by atoms with van der Waals surface area (Å²) in [5, 5.41) is 8.62. The number of unbranched alkanes of at least 4 members (excludes halogenated alkanes) is 7. The zero-order chi connectivity index (χ0) is 11.5. The van der Waals surface area contributed by atoms with E-state index >= 15 is 0 Å². The van der Waals surface area contributed by atoms with E-state index in [9.17, 15) is 0 Å². The van der Waals surface area contributed by atoms with Crippen molar-refractivity contribution in [1.29, 1.82) is 0 Å². The first-order valence-electron chi connectivity index (χ1n) is 6.45. The smallest absolute Gasteiger partial charge is 0.334 e. The molecule has 0 aromatic carbocycles. The lowest BCUT2D eigenvalue weighted by Crippen LogP contribution is -2.29. The van der Waals surface area contributed by atoms with Crippen LogP contribution in [-0.4, -0.2) is 11.7 Å². The van der Waals surface area contributed by atoms with E-state index in [-0.39, 0.29) is 0 Å². The van der Waals surface area contributed by atoms with E-state index in [1.54, 1.807) is 12.7 Å². The minimum Gasteiger partial charge on any atom is -0.412 e. The summed E-state index contributed by atoms with van der Waals surface area (Å²) in [6, 6.07) is 0. The Morgan fingerprint density at radius 2 is 1.50 bits per heavy atom. The SMILES string of the molecule is OCCCCCCCCCC[n+]1ccoc1. The van der Waals surface area contributed by atoms with Crippen molar-refractivity contribution < 1.29 is 14.1 Å². The predicted molar refractivity (Wildman–Crippen MR) is 62.9 cm³/mol. The molecule has 0 unspecified atom stereocenters. The number of hydrogen-bond acceptors (Lipinski definition) is 2. The fraction of sp³-hybridized carbons (Fsp3) is 0.769. The molecule has 0 spiro atoms. The fourth-order valence-electron chi connectivity index (χ4n) is 1.86. The zero-order valence-corrected chi connectivity index (χ0v) is 10.1. The van der Waals surface area contributed by atoms with Crippen molar-refractivity contribution in [2.24, 2.45) is 0 Å². The van der Waals surface area contributed by atoms with Gasteiger partial charge in [-0.1, -0.05) is 32.1 Å². The number of nitrogens with zero attached hydrogens (tertiary/aromatic N) is 1. The van der Waals surface area contributed by atoms with Crippen LogP contribution in [0.4, 0.5) is 0 Å². The summed E-state index contributed by atoms with van der Waals surface area (Å²) < 4.78 is 7.07. The van der Waals surface area contributed by atoms with Crippen molar-refractivity contribution in [1.82, 2.24) is 0 Å². The lowest BCUT2D eigenvalue weighted by atomic mass is 10.1. The normalized spacial score (nSPS) is 10.8. The molecule has 0 aliphatic rings. The van der Waals surface area contributed by atoms with Gasteiger partial charge in [-0.2, -0.15) is 4.57 Å². The first-order chi connectivity index (χ1) is 7.93. The van der Waals surface area contributed by atoms with Gasteiger partial charge in [-0.25, -0.2) is 0 Å². The number of aromatic nitrogens is 1. The molecule has 0 fully saturated rings. The summed E-state index contributed by atoms with van der Waals surface area (Å²) in [6.45, 7) is 1.42. The topological polar surface area (TPSA) is 37.2 Å². The Bertz CT molecular complexity index is 234. The van der Waals surface area contributed by atoms with E-state index in [1.807, 2.05) is 6.20 Å². The Morgan fingerprint density at radius 3 is 2.06 bits per heavy atom. The van der Waals surface area contributed by atoms with Gasteiger partial charge in [0.25, 0.3) is 0 Å². The van der Waals surface area contributed by atoms with Crippen molar-refractivity contribution in [2.45, 2.75) is 57.9 Å². The third-order valence-electron chi connectivity index (χ3n) is 2.85. The van der Waals surface area contributed by atoms with E-state index in [4.69, 9.17) is 9.52 Å². The van der Waals surface area contributed by atoms with Crippen molar-refractivity contribution in [3.05, 3.63) is 18.9 Å².